The van der Waals surface area contributed by atoms with Crippen LogP contribution in [0.5, 0.6) is 0 Å². The van der Waals surface area contributed by atoms with Crippen molar-refractivity contribution in [3.8, 4) is 0 Å². The van der Waals surface area contributed by atoms with Crippen LogP contribution < -0.4 is 0 Å². The minimum Gasteiger partial charge on any atom is -0.465 e. The maximum absolute atomic E-state index is 11.7. The third-order valence-corrected chi connectivity index (χ3v) is 5.55. The van der Waals surface area contributed by atoms with Gasteiger partial charge in [-0.15, -0.1) is 0 Å². The molecule has 8 nitrogen and oxygen atoms in total. The average molecular weight is 416 g/mol. The highest BCUT2D eigenvalue weighted by Gasteiger charge is 2.61. The van der Waals surface area contributed by atoms with E-state index in [1.54, 1.807) is 24.3 Å². The molecule has 3 N–H and O–H groups in total. The van der Waals surface area contributed by atoms with Gasteiger partial charge in [-0.1, -0.05) is 42.5 Å². The smallest absolute Gasteiger partial charge is 0.337 e. The topological polar surface area (TPSA) is 115 Å². The van der Waals surface area contributed by atoms with E-state index in [9.17, 15) is 20.1 Å². The SMILES string of the molecule is COC(=O)c1ccc(C2O[C@H](C(O)CO)[C@@H]3OC(c4ccccc4)OC[C@@]23O)cc1. The number of rotatable bonds is 5. The third kappa shape index (κ3) is 3.62. The molecule has 2 aromatic rings. The first-order valence-corrected chi connectivity index (χ1v) is 9.65. The second kappa shape index (κ2) is 8.43. The molecule has 0 spiro atoms. The first-order chi connectivity index (χ1) is 14.5. The number of methoxy groups -OCH3 is 1. The Hall–Kier alpha value is -2.33. The van der Waals surface area contributed by atoms with E-state index in [1.807, 2.05) is 30.3 Å². The maximum Gasteiger partial charge on any atom is 0.337 e. The van der Waals surface area contributed by atoms with Crippen molar-refractivity contribution in [2.45, 2.75) is 36.3 Å². The van der Waals surface area contributed by atoms with Gasteiger partial charge in [-0.2, -0.15) is 0 Å². The van der Waals surface area contributed by atoms with Crippen molar-refractivity contribution in [3.63, 3.8) is 0 Å². The second-order valence-corrected chi connectivity index (χ2v) is 7.45. The number of carbonyl (C=O) groups excluding carboxylic acids is 1. The molecule has 30 heavy (non-hydrogen) atoms. The van der Waals surface area contributed by atoms with Gasteiger partial charge < -0.3 is 34.3 Å². The van der Waals surface area contributed by atoms with Gasteiger partial charge in [-0.05, 0) is 17.7 Å². The predicted octanol–water partition coefficient (Wildman–Crippen LogP) is 1.11. The number of aliphatic hydroxyl groups is 3. The molecule has 2 saturated heterocycles. The third-order valence-electron chi connectivity index (χ3n) is 5.55. The van der Waals surface area contributed by atoms with Crippen LogP contribution in [0.25, 0.3) is 0 Å². The van der Waals surface area contributed by atoms with Gasteiger partial charge in [-0.25, -0.2) is 4.79 Å². The summed E-state index contributed by atoms with van der Waals surface area (Å²) in [6.45, 7) is -0.652. The molecule has 0 aromatic heterocycles. The quantitative estimate of drug-likeness (QED) is 0.621. The summed E-state index contributed by atoms with van der Waals surface area (Å²) >= 11 is 0. The summed E-state index contributed by atoms with van der Waals surface area (Å²) in [4.78, 5) is 11.7. The standard InChI is InChI=1S/C22H24O8/c1-27-20(25)14-9-7-13(8-10-14)18-22(26)12-28-21(15-5-3-2-4-6-15)30-19(22)17(29-18)16(24)11-23/h2-10,16-19,21,23-24,26H,11-12H2,1H3/t16?,17-,18?,19+,21?,22-/m1/s1. The number of ether oxygens (including phenoxy) is 4. The fourth-order valence-electron chi connectivity index (χ4n) is 3.98. The molecule has 0 radical (unpaired) electrons. The lowest BCUT2D eigenvalue weighted by Crippen LogP contribution is -2.56. The highest BCUT2D eigenvalue weighted by atomic mass is 16.7. The molecular formula is C22H24O8. The fourth-order valence-corrected chi connectivity index (χ4v) is 3.98. The zero-order valence-corrected chi connectivity index (χ0v) is 16.4. The van der Waals surface area contributed by atoms with Crippen LogP contribution >= 0.6 is 0 Å². The van der Waals surface area contributed by atoms with Crippen LogP contribution in [0, 0.1) is 0 Å². The Balaban J connectivity index is 1.63. The van der Waals surface area contributed by atoms with Crippen molar-refractivity contribution in [3.05, 3.63) is 71.3 Å². The second-order valence-electron chi connectivity index (χ2n) is 7.45. The van der Waals surface area contributed by atoms with E-state index in [2.05, 4.69) is 0 Å². The van der Waals surface area contributed by atoms with E-state index in [0.717, 1.165) is 5.56 Å². The van der Waals surface area contributed by atoms with E-state index in [1.165, 1.54) is 7.11 Å². The summed E-state index contributed by atoms with van der Waals surface area (Å²) in [6, 6.07) is 15.7. The Bertz CT molecular complexity index is 870. The lowest BCUT2D eigenvalue weighted by atomic mass is 9.85. The van der Waals surface area contributed by atoms with E-state index in [0.29, 0.717) is 11.1 Å². The Labute approximate surface area is 173 Å². The van der Waals surface area contributed by atoms with Gasteiger partial charge in [0, 0.05) is 5.56 Å². The molecule has 2 aliphatic heterocycles. The van der Waals surface area contributed by atoms with E-state index in [-0.39, 0.29) is 6.61 Å². The van der Waals surface area contributed by atoms with E-state index in [4.69, 9.17) is 18.9 Å². The van der Waals surface area contributed by atoms with Crippen molar-refractivity contribution >= 4 is 5.97 Å². The molecule has 8 heteroatoms. The zero-order valence-electron chi connectivity index (χ0n) is 16.4. The molecule has 0 aliphatic carbocycles. The normalized spacial score (nSPS) is 31.7. The van der Waals surface area contributed by atoms with Gasteiger partial charge in [0.05, 0.1) is 25.9 Å². The first-order valence-electron chi connectivity index (χ1n) is 9.65. The maximum atomic E-state index is 11.7. The number of hydrogen-bond acceptors (Lipinski definition) is 8. The van der Waals surface area contributed by atoms with Crippen molar-refractivity contribution in [1.82, 2.24) is 0 Å². The minimum absolute atomic E-state index is 0.102. The van der Waals surface area contributed by atoms with Crippen molar-refractivity contribution in [1.29, 1.82) is 0 Å². The molecule has 6 atom stereocenters. The van der Waals surface area contributed by atoms with Gasteiger partial charge in [0.2, 0.25) is 0 Å². The number of carbonyl (C=O) groups is 1. The van der Waals surface area contributed by atoms with Gasteiger partial charge in [0.15, 0.2) is 6.29 Å². The van der Waals surface area contributed by atoms with Crippen LogP contribution in [0.15, 0.2) is 54.6 Å². The van der Waals surface area contributed by atoms with Gasteiger partial charge in [-0.3, -0.25) is 0 Å². The van der Waals surface area contributed by atoms with Gasteiger partial charge >= 0.3 is 5.97 Å². The molecule has 2 aromatic carbocycles. The van der Waals surface area contributed by atoms with Crippen molar-refractivity contribution in [2.24, 2.45) is 0 Å². The minimum atomic E-state index is -1.60. The fraction of sp³-hybridized carbons (Fsp3) is 0.409. The summed E-state index contributed by atoms with van der Waals surface area (Å²) < 4.78 is 22.5. The average Bonchev–Trinajstić information content (AvgIpc) is 3.11. The van der Waals surface area contributed by atoms with Crippen LogP contribution in [0.4, 0.5) is 0 Å². The molecule has 3 unspecified atom stereocenters. The summed E-state index contributed by atoms with van der Waals surface area (Å²) in [5.74, 6) is -0.478. The van der Waals surface area contributed by atoms with Crippen molar-refractivity contribution in [2.75, 3.05) is 20.3 Å². The summed E-state index contributed by atoms with van der Waals surface area (Å²) in [7, 11) is 1.30. The highest BCUT2D eigenvalue weighted by molar-refractivity contribution is 5.89. The number of esters is 1. The molecule has 2 fully saturated rings. The molecule has 2 heterocycles. The Kier molecular flexibility index (Phi) is 5.88. The molecule has 0 amide bonds. The van der Waals surface area contributed by atoms with Crippen molar-refractivity contribution < 1.29 is 39.1 Å². The lowest BCUT2D eigenvalue weighted by Gasteiger charge is -2.41. The first kappa shape index (κ1) is 20.9. The zero-order chi connectivity index (χ0) is 21.3. The van der Waals surface area contributed by atoms with Crippen LogP contribution in [0.2, 0.25) is 0 Å². The molecule has 4 rings (SSSR count). The van der Waals surface area contributed by atoms with E-state index >= 15 is 0 Å². The Morgan fingerprint density at radius 2 is 1.83 bits per heavy atom. The van der Waals surface area contributed by atoms with Crippen LogP contribution in [0.1, 0.15) is 33.9 Å². The molecular weight excluding hydrogens is 392 g/mol. The number of aliphatic hydroxyl groups excluding tert-OH is 2. The van der Waals surface area contributed by atoms with Crippen LogP contribution in [-0.2, 0) is 18.9 Å². The van der Waals surface area contributed by atoms with E-state index < -0.39 is 48.9 Å². The molecule has 160 valence electrons. The summed E-state index contributed by atoms with van der Waals surface area (Å²) in [5.41, 5.74) is 0.102. The van der Waals surface area contributed by atoms with Crippen LogP contribution in [0.3, 0.4) is 0 Å². The molecule has 0 saturated carbocycles. The predicted molar refractivity (Wildman–Crippen MR) is 103 cm³/mol. The number of fused-ring (bicyclic) bond motifs is 1. The Morgan fingerprint density at radius 3 is 2.47 bits per heavy atom. The molecule has 2 aliphatic rings. The summed E-state index contributed by atoms with van der Waals surface area (Å²) in [5, 5.41) is 31.3. The highest BCUT2D eigenvalue weighted by Crippen LogP contribution is 2.49. The Morgan fingerprint density at radius 1 is 1.13 bits per heavy atom. The van der Waals surface area contributed by atoms with Gasteiger partial charge in [0.25, 0.3) is 0 Å². The largest absolute Gasteiger partial charge is 0.465 e. The monoisotopic (exact) mass is 416 g/mol. The summed E-state index contributed by atoms with van der Waals surface area (Å²) in [6.07, 6.45) is -4.80. The van der Waals surface area contributed by atoms with Gasteiger partial charge in [0.1, 0.15) is 30.0 Å². The number of benzene rings is 2. The lowest BCUT2D eigenvalue weighted by molar-refractivity contribution is -0.292. The number of hydrogen-bond donors (Lipinski definition) is 3. The van der Waals surface area contributed by atoms with Crippen LogP contribution in [-0.4, -0.2) is 65.5 Å². The molecule has 0 bridgehead atoms.